The summed E-state index contributed by atoms with van der Waals surface area (Å²) in [6.07, 6.45) is 0. The second kappa shape index (κ2) is 5.95. The van der Waals surface area contributed by atoms with E-state index in [0.29, 0.717) is 0 Å². The summed E-state index contributed by atoms with van der Waals surface area (Å²) in [7, 11) is -4.48. The van der Waals surface area contributed by atoms with E-state index >= 15 is 0 Å². The molecule has 1 rings (SSSR count). The highest BCUT2D eigenvalue weighted by atomic mass is 35.5. The molecule has 0 bridgehead atoms. The van der Waals surface area contributed by atoms with Gasteiger partial charge in [-0.25, -0.2) is 21.9 Å². The first-order chi connectivity index (χ1) is 9.09. The van der Waals surface area contributed by atoms with Gasteiger partial charge in [-0.15, -0.1) is 0 Å². The zero-order valence-electron chi connectivity index (χ0n) is 9.85. The Morgan fingerprint density at radius 3 is 2.55 bits per heavy atom. The molecule has 0 amide bonds. The normalized spacial score (nSPS) is 12.4. The molecule has 3 N–H and O–H groups in total. The number of sulfonamides is 1. The van der Waals surface area contributed by atoms with Crippen molar-refractivity contribution in [1.29, 1.82) is 0 Å². The van der Waals surface area contributed by atoms with Crippen molar-refractivity contribution in [1.82, 2.24) is 4.72 Å². The average Bonchev–Trinajstić information content (AvgIpc) is 2.36. The number of nitrogens with one attached hydrogen (secondary N) is 1. The van der Waals surface area contributed by atoms with E-state index in [2.05, 4.69) is 0 Å². The van der Waals surface area contributed by atoms with Crippen LogP contribution in [0.2, 0.25) is 5.02 Å². The van der Waals surface area contributed by atoms with Crippen molar-refractivity contribution in [3.63, 3.8) is 0 Å². The Balaban J connectivity index is 3.13. The third-order valence-corrected chi connectivity index (χ3v) is 3.91. The first kappa shape index (κ1) is 16.7. The highest BCUT2D eigenvalue weighted by Crippen LogP contribution is 2.27. The van der Waals surface area contributed by atoms with Crippen molar-refractivity contribution in [3.05, 3.63) is 33.3 Å². The molecule has 0 heterocycles. The van der Waals surface area contributed by atoms with Crippen LogP contribution in [0.25, 0.3) is 0 Å². The van der Waals surface area contributed by atoms with E-state index in [9.17, 15) is 27.3 Å². The van der Waals surface area contributed by atoms with Crippen LogP contribution in [0, 0.1) is 10.1 Å². The van der Waals surface area contributed by atoms with Crippen LogP contribution in [0.1, 0.15) is 0 Å². The first-order valence-corrected chi connectivity index (χ1v) is 6.97. The third kappa shape index (κ3) is 4.07. The maximum atomic E-state index is 12.9. The van der Waals surface area contributed by atoms with Crippen molar-refractivity contribution in [2.45, 2.75) is 10.8 Å². The van der Waals surface area contributed by atoms with E-state index in [1.165, 1.54) is 0 Å². The van der Waals surface area contributed by atoms with Crippen LogP contribution >= 0.6 is 11.6 Å². The lowest BCUT2D eigenvalue weighted by molar-refractivity contribution is -0.387. The van der Waals surface area contributed by atoms with Crippen LogP contribution in [0.5, 0.6) is 0 Å². The molecule has 0 saturated carbocycles. The zero-order valence-corrected chi connectivity index (χ0v) is 11.4. The van der Waals surface area contributed by atoms with Gasteiger partial charge in [0, 0.05) is 11.1 Å². The number of nitro benzene ring substituents is 1. The standard InChI is InChI=1S/C9H10ClF2N3O4S/c10-6-1-2-8(7(3-6)15(16)17)20(18,19)14-5-9(11,12)4-13/h1-3,14H,4-5,13H2. The van der Waals surface area contributed by atoms with E-state index in [4.69, 9.17) is 17.3 Å². The fraction of sp³-hybridized carbons (Fsp3) is 0.333. The van der Waals surface area contributed by atoms with Gasteiger partial charge in [0.1, 0.15) is 0 Å². The van der Waals surface area contributed by atoms with Gasteiger partial charge in [-0.05, 0) is 12.1 Å². The van der Waals surface area contributed by atoms with Crippen molar-refractivity contribution in [2.75, 3.05) is 13.1 Å². The number of nitrogens with two attached hydrogens (primary N) is 1. The van der Waals surface area contributed by atoms with Gasteiger partial charge in [0.05, 0.1) is 18.0 Å². The van der Waals surface area contributed by atoms with Gasteiger partial charge in [0.25, 0.3) is 11.6 Å². The molecule has 0 spiro atoms. The Hall–Kier alpha value is -1.36. The van der Waals surface area contributed by atoms with E-state index in [1.807, 2.05) is 0 Å². The summed E-state index contributed by atoms with van der Waals surface area (Å²) >= 11 is 5.53. The lowest BCUT2D eigenvalue weighted by Gasteiger charge is -2.14. The maximum Gasteiger partial charge on any atom is 0.290 e. The van der Waals surface area contributed by atoms with Gasteiger partial charge in [0.15, 0.2) is 4.90 Å². The van der Waals surface area contributed by atoms with E-state index < -0.39 is 44.5 Å². The van der Waals surface area contributed by atoms with Crippen molar-refractivity contribution in [2.24, 2.45) is 5.73 Å². The minimum atomic E-state index is -4.48. The summed E-state index contributed by atoms with van der Waals surface area (Å²) in [5.74, 6) is -3.45. The van der Waals surface area contributed by atoms with Crippen molar-refractivity contribution in [3.8, 4) is 0 Å². The molecule has 0 unspecified atom stereocenters. The molecule has 112 valence electrons. The molecule has 0 aromatic heterocycles. The van der Waals surface area contributed by atoms with Crippen LogP contribution in [-0.4, -0.2) is 32.4 Å². The topological polar surface area (TPSA) is 115 Å². The molecule has 11 heteroatoms. The number of halogens is 3. The second-order valence-electron chi connectivity index (χ2n) is 3.75. The summed E-state index contributed by atoms with van der Waals surface area (Å²) < 4.78 is 51.0. The van der Waals surface area contributed by atoms with Crippen LogP contribution in [0.15, 0.2) is 23.1 Å². The van der Waals surface area contributed by atoms with E-state index in [-0.39, 0.29) is 5.02 Å². The molecule has 7 nitrogen and oxygen atoms in total. The van der Waals surface area contributed by atoms with Crippen LogP contribution in [0.4, 0.5) is 14.5 Å². The highest BCUT2D eigenvalue weighted by Gasteiger charge is 2.32. The molecule has 0 fully saturated rings. The largest absolute Gasteiger partial charge is 0.325 e. The van der Waals surface area contributed by atoms with Crippen molar-refractivity contribution < 1.29 is 22.1 Å². The zero-order chi connectivity index (χ0) is 15.6. The quantitative estimate of drug-likeness (QED) is 0.599. The smallest absolute Gasteiger partial charge is 0.290 e. The van der Waals surface area contributed by atoms with Crippen LogP contribution in [0.3, 0.4) is 0 Å². The Labute approximate surface area is 117 Å². The maximum absolute atomic E-state index is 12.9. The Morgan fingerprint density at radius 1 is 1.45 bits per heavy atom. The third-order valence-electron chi connectivity index (χ3n) is 2.23. The number of hydrogen-bond donors (Lipinski definition) is 2. The minimum Gasteiger partial charge on any atom is -0.325 e. The predicted octanol–water partition coefficient (Wildman–Crippen LogP) is 1.12. The summed E-state index contributed by atoms with van der Waals surface area (Å²) in [4.78, 5) is 9.04. The summed E-state index contributed by atoms with van der Waals surface area (Å²) in [5.41, 5.74) is 3.96. The fourth-order valence-corrected chi connectivity index (χ4v) is 2.59. The molecule has 20 heavy (non-hydrogen) atoms. The summed E-state index contributed by atoms with van der Waals surface area (Å²) in [6.45, 7) is -2.32. The first-order valence-electron chi connectivity index (χ1n) is 5.10. The number of alkyl halides is 2. The molecule has 0 aliphatic carbocycles. The fourth-order valence-electron chi connectivity index (χ4n) is 1.21. The molecular formula is C9H10ClF2N3O4S. The van der Waals surface area contributed by atoms with Gasteiger partial charge in [-0.2, -0.15) is 0 Å². The SMILES string of the molecule is NCC(F)(F)CNS(=O)(=O)c1ccc(Cl)cc1[N+](=O)[O-]. The molecular weight excluding hydrogens is 320 g/mol. The van der Waals surface area contributed by atoms with Crippen LogP contribution in [-0.2, 0) is 10.0 Å². The van der Waals surface area contributed by atoms with Gasteiger partial charge in [-0.3, -0.25) is 10.1 Å². The Bertz CT molecular complexity index is 624. The Morgan fingerprint density at radius 2 is 2.05 bits per heavy atom. The van der Waals surface area contributed by atoms with Gasteiger partial charge in [0.2, 0.25) is 10.0 Å². The number of nitrogens with zero attached hydrogens (tertiary/aromatic N) is 1. The van der Waals surface area contributed by atoms with Crippen molar-refractivity contribution >= 4 is 27.3 Å². The monoisotopic (exact) mass is 329 g/mol. The number of hydrogen-bond acceptors (Lipinski definition) is 5. The average molecular weight is 330 g/mol. The number of nitro groups is 1. The van der Waals surface area contributed by atoms with Gasteiger partial charge < -0.3 is 5.73 Å². The van der Waals surface area contributed by atoms with Gasteiger partial charge in [-0.1, -0.05) is 11.6 Å². The lowest BCUT2D eigenvalue weighted by atomic mass is 10.3. The Kier molecular flexibility index (Phi) is 4.97. The number of benzene rings is 1. The highest BCUT2D eigenvalue weighted by molar-refractivity contribution is 7.89. The van der Waals surface area contributed by atoms with E-state index in [1.54, 1.807) is 4.72 Å². The van der Waals surface area contributed by atoms with Gasteiger partial charge >= 0.3 is 0 Å². The van der Waals surface area contributed by atoms with E-state index in [0.717, 1.165) is 18.2 Å². The molecule has 1 aromatic rings. The molecule has 0 saturated heterocycles. The summed E-state index contributed by atoms with van der Waals surface area (Å²) in [5, 5.41) is 10.7. The lowest BCUT2D eigenvalue weighted by Crippen LogP contribution is -2.41. The second-order valence-corrected chi connectivity index (χ2v) is 5.93. The molecule has 0 aliphatic rings. The number of rotatable bonds is 6. The predicted molar refractivity (Wildman–Crippen MR) is 67.3 cm³/mol. The van der Waals surface area contributed by atoms with Crippen LogP contribution < -0.4 is 10.5 Å². The summed E-state index contributed by atoms with van der Waals surface area (Å²) in [6, 6.07) is 2.78. The molecule has 0 aliphatic heterocycles. The molecule has 0 atom stereocenters. The molecule has 1 aromatic carbocycles. The minimum absolute atomic E-state index is 0.0528. The molecule has 0 radical (unpaired) electrons.